The molecule has 1 aliphatic heterocycles. The first-order valence-electron chi connectivity index (χ1n) is 8.60. The number of hydrogen-bond acceptors (Lipinski definition) is 5. The summed E-state index contributed by atoms with van der Waals surface area (Å²) in [6, 6.07) is 11.7. The molecular weight excluding hydrogens is 409 g/mol. The summed E-state index contributed by atoms with van der Waals surface area (Å²) in [4.78, 5) is 2.09. The fourth-order valence-corrected chi connectivity index (χ4v) is 4.57. The van der Waals surface area contributed by atoms with E-state index in [1.165, 1.54) is 12.1 Å². The van der Waals surface area contributed by atoms with Crippen LogP contribution in [0.1, 0.15) is 12.0 Å². The van der Waals surface area contributed by atoms with E-state index in [4.69, 9.17) is 27.4 Å². The number of anilines is 1. The highest BCUT2D eigenvalue weighted by Gasteiger charge is 2.30. The lowest BCUT2D eigenvalue weighted by Crippen LogP contribution is -2.45. The molecule has 0 radical (unpaired) electrons. The molecule has 146 valence electrons. The number of β-amino-alcohol motifs (C(OH)–C–C–N with tert-alkyl or cyclic N) is 1. The molecule has 3 rings (SSSR count). The maximum absolute atomic E-state index is 12.3. The number of piperidine rings is 1. The van der Waals surface area contributed by atoms with Gasteiger partial charge in [-0.2, -0.15) is 8.42 Å². The smallest absolute Gasteiger partial charge is 0.296 e. The van der Waals surface area contributed by atoms with Gasteiger partial charge >= 0.3 is 0 Å². The molecule has 0 spiro atoms. The quantitative estimate of drug-likeness (QED) is 0.729. The van der Waals surface area contributed by atoms with Gasteiger partial charge < -0.3 is 10.0 Å². The molecule has 0 aromatic heterocycles. The van der Waals surface area contributed by atoms with Crippen LogP contribution in [0.25, 0.3) is 0 Å². The lowest BCUT2D eigenvalue weighted by Gasteiger charge is -2.37. The predicted octanol–water partition coefficient (Wildman–Crippen LogP) is 3.89. The Labute approximate surface area is 169 Å². The summed E-state index contributed by atoms with van der Waals surface area (Å²) in [5.74, 6) is -0.271. The predicted molar refractivity (Wildman–Crippen MR) is 107 cm³/mol. The zero-order valence-electron chi connectivity index (χ0n) is 14.8. The average molecular weight is 430 g/mol. The minimum atomic E-state index is -3.84. The van der Waals surface area contributed by atoms with Gasteiger partial charge in [-0.3, -0.25) is 4.18 Å². The lowest BCUT2D eigenvalue weighted by molar-refractivity contribution is 0.0636. The summed E-state index contributed by atoms with van der Waals surface area (Å²) in [5, 5.41) is 11.5. The van der Waals surface area contributed by atoms with Gasteiger partial charge in [0.1, 0.15) is 0 Å². The monoisotopic (exact) mass is 429 g/mol. The summed E-state index contributed by atoms with van der Waals surface area (Å²) in [6.45, 7) is 2.81. The average Bonchev–Trinajstić information content (AvgIpc) is 2.61. The molecule has 0 aliphatic carbocycles. The van der Waals surface area contributed by atoms with Crippen molar-refractivity contribution in [3.8, 4) is 0 Å². The fraction of sp³-hybridized carbons (Fsp3) is 0.368. The molecule has 1 fully saturated rings. The molecule has 0 bridgehead atoms. The molecule has 2 aromatic rings. The molecule has 1 saturated heterocycles. The Balaban J connectivity index is 1.61. The van der Waals surface area contributed by atoms with Gasteiger partial charge in [-0.1, -0.05) is 40.9 Å². The first-order valence-corrected chi connectivity index (χ1v) is 10.8. The van der Waals surface area contributed by atoms with Gasteiger partial charge in [-0.05, 0) is 43.7 Å². The summed E-state index contributed by atoms with van der Waals surface area (Å²) in [6.07, 6.45) is -0.137. The van der Waals surface area contributed by atoms with E-state index in [1.807, 2.05) is 17.9 Å². The van der Waals surface area contributed by atoms with Gasteiger partial charge in [-0.15, -0.1) is 0 Å². The van der Waals surface area contributed by atoms with Gasteiger partial charge in [0.25, 0.3) is 10.1 Å². The highest BCUT2D eigenvalue weighted by Crippen LogP contribution is 2.32. The minimum absolute atomic E-state index is 0.0560. The fourth-order valence-electron chi connectivity index (χ4n) is 3.08. The van der Waals surface area contributed by atoms with Crippen LogP contribution in [0.3, 0.4) is 0 Å². The largest absolute Gasteiger partial charge is 0.391 e. The SMILES string of the molecule is Cc1ccc(S(=O)(=O)OC[C@H]2CCN(c3ccc(Cl)cc3Cl)C[C@@H]2O)cc1. The van der Waals surface area contributed by atoms with Crippen molar-refractivity contribution in [2.24, 2.45) is 5.92 Å². The van der Waals surface area contributed by atoms with E-state index < -0.39 is 16.2 Å². The number of aliphatic hydroxyl groups is 1. The zero-order chi connectivity index (χ0) is 19.6. The normalized spacial score (nSPS) is 20.7. The van der Waals surface area contributed by atoms with Crippen molar-refractivity contribution < 1.29 is 17.7 Å². The van der Waals surface area contributed by atoms with E-state index >= 15 is 0 Å². The van der Waals surface area contributed by atoms with Gasteiger partial charge in [0.15, 0.2) is 0 Å². The molecule has 1 heterocycles. The van der Waals surface area contributed by atoms with E-state index in [-0.39, 0.29) is 17.4 Å². The van der Waals surface area contributed by atoms with Crippen molar-refractivity contribution >= 4 is 39.0 Å². The Morgan fingerprint density at radius 1 is 1.19 bits per heavy atom. The van der Waals surface area contributed by atoms with Crippen LogP contribution in [-0.2, 0) is 14.3 Å². The number of hydrogen-bond donors (Lipinski definition) is 1. The molecule has 27 heavy (non-hydrogen) atoms. The summed E-state index contributed by atoms with van der Waals surface area (Å²) in [7, 11) is -3.84. The Morgan fingerprint density at radius 3 is 2.52 bits per heavy atom. The minimum Gasteiger partial charge on any atom is -0.391 e. The second-order valence-corrected chi connectivity index (χ2v) is 9.17. The number of aryl methyl sites for hydroxylation is 1. The van der Waals surface area contributed by atoms with E-state index in [9.17, 15) is 13.5 Å². The van der Waals surface area contributed by atoms with Crippen molar-refractivity contribution in [1.82, 2.24) is 0 Å². The van der Waals surface area contributed by atoms with E-state index in [0.29, 0.717) is 29.6 Å². The van der Waals surface area contributed by atoms with Crippen LogP contribution in [0.5, 0.6) is 0 Å². The Kier molecular flexibility index (Phi) is 6.33. The number of halogens is 2. The van der Waals surface area contributed by atoms with Crippen LogP contribution in [0.15, 0.2) is 47.4 Å². The second-order valence-electron chi connectivity index (χ2n) is 6.71. The Morgan fingerprint density at radius 2 is 1.89 bits per heavy atom. The Bertz CT molecular complexity index is 902. The maximum atomic E-state index is 12.3. The van der Waals surface area contributed by atoms with Gasteiger partial charge in [0.2, 0.25) is 0 Å². The van der Waals surface area contributed by atoms with Crippen molar-refractivity contribution in [3.63, 3.8) is 0 Å². The van der Waals surface area contributed by atoms with Crippen molar-refractivity contribution in [2.75, 3.05) is 24.6 Å². The number of benzene rings is 2. The van der Waals surface area contributed by atoms with E-state index in [0.717, 1.165) is 11.3 Å². The molecule has 0 unspecified atom stereocenters. The molecule has 0 saturated carbocycles. The van der Waals surface area contributed by atoms with Crippen molar-refractivity contribution in [2.45, 2.75) is 24.3 Å². The first kappa shape index (κ1) is 20.4. The summed E-state index contributed by atoms with van der Waals surface area (Å²) in [5.41, 5.74) is 1.77. The Hall–Kier alpha value is -1.31. The van der Waals surface area contributed by atoms with Crippen LogP contribution in [-0.4, -0.2) is 39.3 Å². The second kappa shape index (κ2) is 8.37. The molecule has 5 nitrogen and oxygen atoms in total. The van der Waals surface area contributed by atoms with Crippen molar-refractivity contribution in [1.29, 1.82) is 0 Å². The molecule has 2 aromatic carbocycles. The standard InChI is InChI=1S/C19H21Cl2NO4S/c1-13-2-5-16(6-3-13)27(24,25)26-12-14-8-9-22(11-19(14)23)18-7-4-15(20)10-17(18)21/h2-7,10,14,19,23H,8-9,11-12H2,1H3/t14-,19+/m1/s1. The molecule has 1 N–H and O–H groups in total. The van der Waals surface area contributed by atoms with Gasteiger partial charge in [-0.25, -0.2) is 0 Å². The number of aliphatic hydroxyl groups excluding tert-OH is 1. The number of nitrogens with zero attached hydrogens (tertiary/aromatic N) is 1. The number of rotatable bonds is 5. The molecule has 1 aliphatic rings. The first-order chi connectivity index (χ1) is 12.8. The molecule has 8 heteroatoms. The van der Waals surface area contributed by atoms with Crippen LogP contribution in [0.4, 0.5) is 5.69 Å². The van der Waals surface area contributed by atoms with E-state index in [1.54, 1.807) is 24.3 Å². The topological polar surface area (TPSA) is 66.8 Å². The highest BCUT2D eigenvalue weighted by atomic mass is 35.5. The van der Waals surface area contributed by atoms with Crippen LogP contribution < -0.4 is 4.90 Å². The van der Waals surface area contributed by atoms with Crippen LogP contribution in [0, 0.1) is 12.8 Å². The zero-order valence-corrected chi connectivity index (χ0v) is 17.1. The third-order valence-corrected chi connectivity index (χ3v) is 6.55. The molecule has 2 atom stereocenters. The van der Waals surface area contributed by atoms with E-state index in [2.05, 4.69) is 0 Å². The van der Waals surface area contributed by atoms with Crippen LogP contribution >= 0.6 is 23.2 Å². The van der Waals surface area contributed by atoms with Gasteiger partial charge in [0.05, 0.1) is 28.3 Å². The summed E-state index contributed by atoms with van der Waals surface area (Å²) >= 11 is 12.2. The molecular formula is C19H21Cl2NO4S. The summed E-state index contributed by atoms with van der Waals surface area (Å²) < 4.78 is 29.8. The maximum Gasteiger partial charge on any atom is 0.296 e. The third-order valence-electron chi connectivity index (χ3n) is 4.72. The lowest BCUT2D eigenvalue weighted by atomic mass is 9.94. The van der Waals surface area contributed by atoms with Gasteiger partial charge in [0, 0.05) is 24.0 Å². The highest BCUT2D eigenvalue weighted by molar-refractivity contribution is 7.86. The van der Waals surface area contributed by atoms with Crippen LogP contribution in [0.2, 0.25) is 10.0 Å². The van der Waals surface area contributed by atoms with Crippen molar-refractivity contribution in [3.05, 3.63) is 58.1 Å². The molecule has 0 amide bonds. The third kappa shape index (κ3) is 4.95.